The summed E-state index contributed by atoms with van der Waals surface area (Å²) >= 11 is 3.49. The number of rotatable bonds is 3. The van der Waals surface area contributed by atoms with E-state index in [2.05, 4.69) is 36.1 Å². The molecular formula is C12H19BrN4O. The van der Waals surface area contributed by atoms with E-state index in [1.54, 1.807) is 6.20 Å². The minimum absolute atomic E-state index is 0.541. The summed E-state index contributed by atoms with van der Waals surface area (Å²) in [5.41, 5.74) is -0.541. The summed E-state index contributed by atoms with van der Waals surface area (Å²) in [6.45, 7) is 6.34. The van der Waals surface area contributed by atoms with Crippen LogP contribution >= 0.6 is 15.9 Å². The Kier molecular flexibility index (Phi) is 4.07. The number of anilines is 2. The Morgan fingerprint density at radius 3 is 2.78 bits per heavy atom. The van der Waals surface area contributed by atoms with Gasteiger partial charge in [0.05, 0.1) is 10.1 Å². The van der Waals surface area contributed by atoms with Crippen molar-refractivity contribution in [3.8, 4) is 0 Å². The summed E-state index contributed by atoms with van der Waals surface area (Å²) in [5.74, 6) is 1.55. The summed E-state index contributed by atoms with van der Waals surface area (Å²) in [5, 5.41) is 13.1. The van der Waals surface area contributed by atoms with Crippen molar-refractivity contribution < 1.29 is 5.11 Å². The third-order valence-electron chi connectivity index (χ3n) is 3.20. The van der Waals surface area contributed by atoms with Crippen molar-refractivity contribution in [3.05, 3.63) is 10.7 Å². The Bertz CT molecular complexity index is 415. The van der Waals surface area contributed by atoms with Gasteiger partial charge in [0.25, 0.3) is 0 Å². The van der Waals surface area contributed by atoms with Gasteiger partial charge in [-0.15, -0.1) is 0 Å². The number of halogens is 1. The third kappa shape index (κ3) is 3.11. The molecule has 1 aliphatic rings. The fraction of sp³-hybridized carbons (Fsp3) is 0.667. The van der Waals surface area contributed by atoms with Crippen LogP contribution in [0.4, 0.5) is 11.8 Å². The fourth-order valence-electron chi connectivity index (χ4n) is 2.02. The molecule has 0 spiro atoms. The monoisotopic (exact) mass is 314 g/mol. The molecule has 18 heavy (non-hydrogen) atoms. The van der Waals surface area contributed by atoms with Crippen molar-refractivity contribution in [3.63, 3.8) is 0 Å². The van der Waals surface area contributed by atoms with E-state index >= 15 is 0 Å². The zero-order chi connectivity index (χ0) is 13.2. The molecule has 100 valence electrons. The van der Waals surface area contributed by atoms with Gasteiger partial charge >= 0.3 is 0 Å². The zero-order valence-electron chi connectivity index (χ0n) is 10.8. The maximum absolute atomic E-state index is 9.96. The normalized spacial score (nSPS) is 18.8. The van der Waals surface area contributed by atoms with Crippen LogP contribution in [0.1, 0.15) is 26.7 Å². The van der Waals surface area contributed by atoms with Crippen molar-refractivity contribution in [1.82, 2.24) is 9.97 Å². The van der Waals surface area contributed by atoms with E-state index in [0.717, 1.165) is 42.8 Å². The lowest BCUT2D eigenvalue weighted by molar-refractivity contribution is 0.0350. The molecule has 1 aromatic heterocycles. The van der Waals surface area contributed by atoms with Crippen LogP contribution in [-0.2, 0) is 0 Å². The highest BCUT2D eigenvalue weighted by atomic mass is 79.9. The highest BCUT2D eigenvalue weighted by molar-refractivity contribution is 9.10. The first-order chi connectivity index (χ1) is 8.52. The highest BCUT2D eigenvalue weighted by Crippen LogP contribution is 2.29. The molecule has 2 heterocycles. The molecule has 0 saturated carbocycles. The van der Waals surface area contributed by atoms with Crippen molar-refractivity contribution in [2.45, 2.75) is 32.3 Å². The molecule has 1 saturated heterocycles. The second kappa shape index (κ2) is 5.40. The van der Waals surface area contributed by atoms with E-state index in [0.29, 0.717) is 5.95 Å². The molecule has 0 bridgehead atoms. The minimum Gasteiger partial charge on any atom is -0.390 e. The van der Waals surface area contributed by atoms with Crippen LogP contribution in [0, 0.1) is 0 Å². The van der Waals surface area contributed by atoms with Gasteiger partial charge in [-0.1, -0.05) is 0 Å². The van der Waals surface area contributed by atoms with Crippen molar-refractivity contribution in [1.29, 1.82) is 0 Å². The standard InChI is InChI=1S/C12H19BrN4O/c1-3-14-11-15-8-9(13)10(16-11)17-6-4-12(2,18)5-7-17/h8,18H,3-7H2,1-2H3,(H,14,15,16). The zero-order valence-corrected chi connectivity index (χ0v) is 12.4. The number of hydrogen-bond donors (Lipinski definition) is 2. The molecule has 0 aromatic carbocycles. The first-order valence-corrected chi connectivity index (χ1v) is 7.05. The molecule has 2 rings (SSSR count). The maximum atomic E-state index is 9.96. The smallest absolute Gasteiger partial charge is 0.224 e. The van der Waals surface area contributed by atoms with Gasteiger partial charge in [0.2, 0.25) is 5.95 Å². The van der Waals surface area contributed by atoms with Gasteiger partial charge in [0, 0.05) is 25.8 Å². The van der Waals surface area contributed by atoms with Crippen LogP contribution in [0.2, 0.25) is 0 Å². The van der Waals surface area contributed by atoms with Crippen LogP contribution in [0.3, 0.4) is 0 Å². The van der Waals surface area contributed by atoms with Crippen LogP contribution < -0.4 is 10.2 Å². The van der Waals surface area contributed by atoms with E-state index < -0.39 is 5.60 Å². The Balaban J connectivity index is 2.15. The summed E-state index contributed by atoms with van der Waals surface area (Å²) in [7, 11) is 0. The number of aromatic nitrogens is 2. The Hall–Kier alpha value is -0.880. The molecular weight excluding hydrogens is 296 g/mol. The van der Waals surface area contributed by atoms with Crippen molar-refractivity contribution in [2.24, 2.45) is 0 Å². The molecule has 1 aromatic rings. The second-order valence-corrected chi connectivity index (χ2v) is 5.73. The van der Waals surface area contributed by atoms with E-state index in [4.69, 9.17) is 0 Å². The predicted octanol–water partition coefficient (Wildman–Crippen LogP) is 2.02. The molecule has 6 heteroatoms. The van der Waals surface area contributed by atoms with Gasteiger partial charge in [0.15, 0.2) is 0 Å². The SMILES string of the molecule is CCNc1ncc(Br)c(N2CCC(C)(O)CC2)n1. The molecule has 5 nitrogen and oxygen atoms in total. The van der Waals surface area contributed by atoms with Gasteiger partial charge in [-0.3, -0.25) is 0 Å². The lowest BCUT2D eigenvalue weighted by Gasteiger charge is -2.36. The van der Waals surface area contributed by atoms with Crippen LogP contribution in [0.25, 0.3) is 0 Å². The number of aliphatic hydroxyl groups is 1. The van der Waals surface area contributed by atoms with E-state index in [1.807, 2.05) is 13.8 Å². The first-order valence-electron chi connectivity index (χ1n) is 6.25. The molecule has 0 amide bonds. The van der Waals surface area contributed by atoms with Crippen LogP contribution in [0.5, 0.6) is 0 Å². The number of hydrogen-bond acceptors (Lipinski definition) is 5. The van der Waals surface area contributed by atoms with Gasteiger partial charge in [0.1, 0.15) is 5.82 Å². The quantitative estimate of drug-likeness (QED) is 0.894. The summed E-state index contributed by atoms with van der Waals surface area (Å²) in [6.07, 6.45) is 3.30. The number of piperidine rings is 1. The first kappa shape index (κ1) is 13.5. The maximum Gasteiger partial charge on any atom is 0.224 e. The van der Waals surface area contributed by atoms with Crippen molar-refractivity contribution >= 4 is 27.7 Å². The van der Waals surface area contributed by atoms with Gasteiger partial charge in [-0.05, 0) is 42.6 Å². The van der Waals surface area contributed by atoms with Crippen molar-refractivity contribution in [2.75, 3.05) is 29.9 Å². The van der Waals surface area contributed by atoms with E-state index in [-0.39, 0.29) is 0 Å². The molecule has 2 N–H and O–H groups in total. The Morgan fingerprint density at radius 1 is 1.50 bits per heavy atom. The molecule has 0 radical (unpaired) electrons. The molecule has 0 atom stereocenters. The van der Waals surface area contributed by atoms with E-state index in [9.17, 15) is 5.11 Å². The summed E-state index contributed by atoms with van der Waals surface area (Å²) in [4.78, 5) is 10.9. The molecule has 0 aliphatic carbocycles. The Morgan fingerprint density at radius 2 is 2.17 bits per heavy atom. The van der Waals surface area contributed by atoms with Crippen LogP contribution in [-0.4, -0.2) is 40.3 Å². The second-order valence-electron chi connectivity index (χ2n) is 4.88. The minimum atomic E-state index is -0.541. The summed E-state index contributed by atoms with van der Waals surface area (Å²) < 4.78 is 0.894. The van der Waals surface area contributed by atoms with Gasteiger partial charge in [-0.25, -0.2) is 4.98 Å². The van der Waals surface area contributed by atoms with Gasteiger partial charge < -0.3 is 15.3 Å². The predicted molar refractivity (Wildman–Crippen MR) is 76.0 cm³/mol. The summed E-state index contributed by atoms with van der Waals surface area (Å²) in [6, 6.07) is 0. The highest BCUT2D eigenvalue weighted by Gasteiger charge is 2.28. The molecule has 0 unspecified atom stereocenters. The van der Waals surface area contributed by atoms with Gasteiger partial charge in [-0.2, -0.15) is 4.98 Å². The topological polar surface area (TPSA) is 61.3 Å². The number of nitrogens with one attached hydrogen (secondary N) is 1. The van der Waals surface area contributed by atoms with E-state index in [1.165, 1.54) is 0 Å². The van der Waals surface area contributed by atoms with Crippen LogP contribution in [0.15, 0.2) is 10.7 Å². The largest absolute Gasteiger partial charge is 0.390 e. The Labute approximate surface area is 116 Å². The molecule has 1 aliphatic heterocycles. The lowest BCUT2D eigenvalue weighted by atomic mass is 9.94. The molecule has 1 fully saturated rings. The third-order valence-corrected chi connectivity index (χ3v) is 3.76. The fourth-order valence-corrected chi connectivity index (χ4v) is 2.47. The number of nitrogens with zero attached hydrogens (tertiary/aromatic N) is 3. The lowest BCUT2D eigenvalue weighted by Crippen LogP contribution is -2.43. The average Bonchev–Trinajstić information content (AvgIpc) is 2.32. The average molecular weight is 315 g/mol.